The molecule has 0 unspecified atom stereocenters. The zero-order valence-corrected chi connectivity index (χ0v) is 63.5. The number of likely N-dealkylation sites (N-methyl/N-ethyl adjacent to an activating group) is 2. The van der Waals surface area contributed by atoms with Crippen LogP contribution in [0.5, 0.6) is 11.5 Å². The number of imide groups is 1. The van der Waals surface area contributed by atoms with Crippen molar-refractivity contribution >= 4 is 56.4 Å². The number of benzene rings is 2. The minimum absolute atomic E-state index is 0.00507. The van der Waals surface area contributed by atoms with Gasteiger partial charge in [-0.2, -0.15) is 0 Å². The molecule has 0 atom stereocenters. The second-order valence-corrected chi connectivity index (χ2v) is 27.2. The van der Waals surface area contributed by atoms with Gasteiger partial charge in [0.15, 0.2) is 5.54 Å². The number of hydrogen-bond donors (Lipinski definition) is 2. The summed E-state index contributed by atoms with van der Waals surface area (Å²) in [6.07, 6.45) is 10.4. The molecule has 3 aromatic rings. The summed E-state index contributed by atoms with van der Waals surface area (Å²) in [5, 5.41) is 5.35. The van der Waals surface area contributed by atoms with Gasteiger partial charge in [-0.25, -0.2) is 22.8 Å². The molecular weight excluding hydrogens is 1350 g/mol. The Hall–Kier alpha value is -6.29. The highest BCUT2D eigenvalue weighted by Crippen LogP contribution is 2.47. The quantitative estimate of drug-likeness (QED) is 0.0196. The van der Waals surface area contributed by atoms with Crippen molar-refractivity contribution in [3.63, 3.8) is 0 Å². The summed E-state index contributed by atoms with van der Waals surface area (Å²) >= 11 is 0. The van der Waals surface area contributed by atoms with Crippen molar-refractivity contribution in [3.8, 4) is 11.5 Å². The van der Waals surface area contributed by atoms with Gasteiger partial charge in [-0.3, -0.25) is 19.2 Å². The Bertz CT molecular complexity index is 3410. The lowest BCUT2D eigenvalue weighted by molar-refractivity contribution is -0.894. The van der Waals surface area contributed by atoms with Crippen molar-refractivity contribution in [2.24, 2.45) is 0 Å². The van der Waals surface area contributed by atoms with E-state index in [1.165, 1.54) is 25.2 Å². The number of anilines is 1. The number of ether oxygens (including phenoxy) is 13. The van der Waals surface area contributed by atoms with Gasteiger partial charge in [0, 0.05) is 104 Å². The fourth-order valence-corrected chi connectivity index (χ4v) is 13.1. The summed E-state index contributed by atoms with van der Waals surface area (Å²) in [6.45, 7) is 36.5. The van der Waals surface area contributed by atoms with E-state index in [4.69, 9.17) is 66.6 Å². The number of hydroxylamine groups is 2. The first-order valence-corrected chi connectivity index (χ1v) is 38.3. The van der Waals surface area contributed by atoms with Crippen LogP contribution in [-0.4, -0.2) is 260 Å². The van der Waals surface area contributed by atoms with Gasteiger partial charge in [0.25, 0.3) is 11.8 Å². The van der Waals surface area contributed by atoms with Crippen LogP contribution < -0.4 is 35.0 Å². The average molecular weight is 1470 g/mol. The number of amides is 3. The molecule has 2 aromatic carbocycles. The number of imidazole rings is 1. The van der Waals surface area contributed by atoms with Crippen molar-refractivity contribution < 1.29 is 103 Å². The Morgan fingerprint density at radius 2 is 1.12 bits per heavy atom. The molecule has 1 fully saturated rings. The van der Waals surface area contributed by atoms with Crippen molar-refractivity contribution in [2.45, 2.75) is 132 Å². The second kappa shape index (κ2) is 45.9. The lowest BCUT2D eigenvalue weighted by atomic mass is 9.85. The largest absolute Gasteiger partial charge is 0.748 e. The van der Waals surface area contributed by atoms with Crippen LogP contribution in [0, 0.1) is 0 Å². The van der Waals surface area contributed by atoms with E-state index in [1.54, 1.807) is 11.1 Å². The van der Waals surface area contributed by atoms with Gasteiger partial charge in [0.1, 0.15) is 30.5 Å². The van der Waals surface area contributed by atoms with E-state index < -0.39 is 39.4 Å². The van der Waals surface area contributed by atoms with Crippen LogP contribution in [0.25, 0.3) is 16.7 Å². The van der Waals surface area contributed by atoms with Crippen molar-refractivity contribution in [1.82, 2.24) is 24.5 Å². The number of aryl methyl sites for hydroxylation is 1. The van der Waals surface area contributed by atoms with Gasteiger partial charge in [0.2, 0.25) is 11.3 Å². The topological polar surface area (TPSA) is 298 Å². The zero-order chi connectivity index (χ0) is 74.5. The van der Waals surface area contributed by atoms with Crippen LogP contribution in [-0.2, 0) is 92.7 Å². The first-order valence-electron chi connectivity index (χ1n) is 36.7. The summed E-state index contributed by atoms with van der Waals surface area (Å²) in [4.78, 5) is 60.7. The van der Waals surface area contributed by atoms with E-state index in [1.807, 2.05) is 38.3 Å². The number of carbonyl (C=O) groups excluding carboxylic acids is 4. The highest BCUT2D eigenvalue weighted by molar-refractivity contribution is 7.86. The molecule has 578 valence electrons. The number of unbranched alkanes of at least 4 members (excludes halogenated alkanes) is 2. The van der Waals surface area contributed by atoms with Crippen molar-refractivity contribution in [2.75, 3.05) is 202 Å². The van der Waals surface area contributed by atoms with E-state index in [0.717, 1.165) is 64.6 Å². The molecule has 103 heavy (non-hydrogen) atoms. The Labute approximate surface area is 608 Å². The first kappa shape index (κ1) is 85.6. The predicted octanol–water partition coefficient (Wildman–Crippen LogP) is 4.89. The third-order valence-corrected chi connectivity index (χ3v) is 18.3. The van der Waals surface area contributed by atoms with Gasteiger partial charge in [-0.1, -0.05) is 24.5 Å². The number of carbonyl (C=O) groups is 4. The molecule has 0 radical (unpaired) electrons. The van der Waals surface area contributed by atoms with Gasteiger partial charge in [0.05, 0.1) is 192 Å². The lowest BCUT2D eigenvalue weighted by Gasteiger charge is -2.43. The summed E-state index contributed by atoms with van der Waals surface area (Å²) in [5.41, 5.74) is 5.15. The number of nitrogens with zero attached hydrogens (tertiary/aromatic N) is 5. The highest BCUT2D eigenvalue weighted by Gasteiger charge is 2.38. The predicted molar refractivity (Wildman–Crippen MR) is 386 cm³/mol. The standard InChI is InChI=1S/C68H100N6O21S.C6H15N/c1-8-51-48-67(4,5)72(9-2)57-46-59-55(44-53(51)57)64(56-45-54-52(50-96(79,80)81)49-68(6,7)73(10-3)58(54)47-60(56)94-59)65-70-17-20-71(65)19-13-11-12-14-61(75)69-18-21-82-22-23-83-24-25-84-26-27-85-28-29-86-30-31-87-32-33-88-34-35-89-36-37-90-38-39-91-40-41-92-42-43-93-66(78)95-74-62(76)15-16-63(74)77;1-4-7(5-2)6-3/h17,20,44-49H,8-16,18-19,21-43,50H2,1-7H3,(H-,69,75,79,80,81);4-6H2,1-3H3/p+1. The Kier molecular flexibility index (Phi) is 38.2. The molecule has 0 spiro atoms. The number of rotatable bonds is 52. The molecule has 5 heterocycles. The van der Waals surface area contributed by atoms with Gasteiger partial charge in [-0.05, 0) is 97.1 Å². The molecule has 4 aliphatic heterocycles. The van der Waals surface area contributed by atoms with Crippen molar-refractivity contribution in [3.05, 3.63) is 81.9 Å². The average Bonchev–Trinajstić information content (AvgIpc) is 1.30. The van der Waals surface area contributed by atoms with Crippen LogP contribution in [0.3, 0.4) is 0 Å². The number of allylic oxidation sites excluding steroid dienone is 1. The number of nitrogens with one attached hydrogen (secondary N) is 2. The van der Waals surface area contributed by atoms with E-state index in [9.17, 15) is 32.1 Å². The highest BCUT2D eigenvalue weighted by atomic mass is 32.2. The lowest BCUT2D eigenvalue weighted by Crippen LogP contribution is -3.11. The van der Waals surface area contributed by atoms with Crippen molar-refractivity contribution in [1.29, 1.82) is 0 Å². The van der Waals surface area contributed by atoms with Crippen LogP contribution in [0.1, 0.15) is 137 Å². The van der Waals surface area contributed by atoms with E-state index in [0.29, 0.717) is 192 Å². The Morgan fingerprint density at radius 1 is 0.612 bits per heavy atom. The van der Waals surface area contributed by atoms with Crippen LogP contribution >= 0.6 is 0 Å². The molecule has 29 heteroatoms. The molecule has 1 aromatic heterocycles. The van der Waals surface area contributed by atoms with Crippen LogP contribution in [0.4, 0.5) is 10.5 Å². The molecule has 0 bridgehead atoms. The molecule has 3 amide bonds. The molecule has 1 saturated heterocycles. The van der Waals surface area contributed by atoms with Gasteiger partial charge < -0.3 is 85.8 Å². The Balaban J connectivity index is 0.00000226. The molecule has 7 rings (SSSR count). The molecule has 0 saturated carbocycles. The smallest absolute Gasteiger partial charge is 0.534 e. The number of quaternary nitrogens is 1. The minimum Gasteiger partial charge on any atom is -0.748 e. The molecule has 2 N–H and O–H groups in total. The van der Waals surface area contributed by atoms with Gasteiger partial charge in [-0.15, -0.1) is 0 Å². The minimum atomic E-state index is -4.61. The zero-order valence-electron chi connectivity index (χ0n) is 62.7. The summed E-state index contributed by atoms with van der Waals surface area (Å²) in [7, 11) is -4.61. The molecule has 28 nitrogen and oxygen atoms in total. The molecular formula is C74H116N7O21S+. The Morgan fingerprint density at radius 3 is 1.58 bits per heavy atom. The normalized spacial score (nSPS) is 15.1. The monoisotopic (exact) mass is 1470 g/mol. The number of hydrogen-bond acceptors (Lipinski definition) is 23. The third-order valence-electron chi connectivity index (χ3n) is 17.7. The summed E-state index contributed by atoms with van der Waals surface area (Å²) in [5.74, 6) is 0.245. The van der Waals surface area contributed by atoms with Gasteiger partial charge >= 0.3 is 6.16 Å². The SMILES string of the molecule is CCC1=CC(C)(C)[N+](CC)=c2cc3c(cc21)=C(c1nccn1CCCCCC(=O)NCCOCCOCCOCCOCCOCCOCCOCCOCCOCCOCCOCCOC(=O)ON1C(=O)CCC1=O)c1cc2c(cc1O3)N(CC)C(C)(C)C=C2CS(=O)(=O)[O-].CC[NH+](CC)CC. The maximum absolute atomic E-state index is 12.8. The number of aromatic nitrogens is 2. The second-order valence-electron chi connectivity index (χ2n) is 25.8. The summed E-state index contributed by atoms with van der Waals surface area (Å²) < 4.78 is 114. The number of fused-ring (bicyclic) bond motifs is 4. The van der Waals surface area contributed by atoms with E-state index >= 15 is 0 Å². The fraction of sp³-hybridized carbons (Fsp3) is 0.676. The molecule has 0 aliphatic carbocycles. The summed E-state index contributed by atoms with van der Waals surface area (Å²) in [6, 6.07) is 8.37. The molecule has 4 aliphatic rings. The van der Waals surface area contributed by atoms with Crippen LogP contribution in [0.2, 0.25) is 0 Å². The van der Waals surface area contributed by atoms with E-state index in [-0.39, 0.29) is 44.1 Å². The van der Waals surface area contributed by atoms with E-state index in [2.05, 4.69) is 97.8 Å². The maximum Gasteiger partial charge on any atom is 0.534 e. The third kappa shape index (κ3) is 28.5. The maximum atomic E-state index is 12.8. The fourth-order valence-electron chi connectivity index (χ4n) is 12.5. The first-order chi connectivity index (χ1) is 49.7. The van der Waals surface area contributed by atoms with Crippen LogP contribution in [0.15, 0.2) is 48.8 Å².